The minimum Gasteiger partial charge on any atom is -0.481 e. The summed E-state index contributed by atoms with van der Waals surface area (Å²) in [6.45, 7) is 0. The Morgan fingerprint density at radius 1 is 1.00 bits per heavy atom. The van der Waals surface area contributed by atoms with Crippen LogP contribution in [0.25, 0.3) is 0 Å². The topological polar surface area (TPSA) is 74.6 Å². The Hall–Kier alpha value is -1.76. The third-order valence-corrected chi connectivity index (χ3v) is 2.10. The van der Waals surface area contributed by atoms with E-state index in [0.717, 1.165) is 44.6 Å². The lowest BCUT2D eigenvalue weighted by Crippen LogP contribution is -1.93. The normalized spacial score (nSPS) is 9.88. The van der Waals surface area contributed by atoms with Crippen molar-refractivity contribution in [2.45, 2.75) is 44.9 Å². The van der Waals surface area contributed by atoms with Gasteiger partial charge in [-0.15, -0.1) is 0 Å². The summed E-state index contributed by atoms with van der Waals surface area (Å²) in [7, 11) is 0. The van der Waals surface area contributed by atoms with Crippen LogP contribution in [0.1, 0.15) is 44.9 Å². The molecule has 0 aliphatic carbocycles. The van der Waals surface area contributed by atoms with E-state index in [1.807, 2.05) is 0 Å². The summed E-state index contributed by atoms with van der Waals surface area (Å²) in [5.74, 6) is 3.78. The molecule has 0 aromatic rings. The van der Waals surface area contributed by atoms with Crippen LogP contribution in [0.3, 0.4) is 0 Å². The van der Waals surface area contributed by atoms with Gasteiger partial charge in [0.2, 0.25) is 0 Å². The van der Waals surface area contributed by atoms with Crippen molar-refractivity contribution >= 4 is 11.9 Å². The first-order valence-corrected chi connectivity index (χ1v) is 5.72. The molecule has 0 heterocycles. The predicted molar refractivity (Wildman–Crippen MR) is 64.5 cm³/mol. The number of allylic oxidation sites excluding steroid dienone is 1. The number of hydrogen-bond acceptors (Lipinski definition) is 2. The summed E-state index contributed by atoms with van der Waals surface area (Å²) >= 11 is 0. The second kappa shape index (κ2) is 10.7. The number of aliphatic carboxylic acids is 2. The smallest absolute Gasteiger partial charge is 0.328 e. The predicted octanol–water partition coefficient (Wildman–Crippen LogP) is 2.45. The van der Waals surface area contributed by atoms with Gasteiger partial charge in [-0.2, -0.15) is 0 Å². The van der Waals surface area contributed by atoms with Gasteiger partial charge in [-0.3, -0.25) is 4.79 Å². The van der Waals surface area contributed by atoms with E-state index < -0.39 is 11.9 Å². The highest BCUT2D eigenvalue weighted by atomic mass is 16.4. The second-order valence-electron chi connectivity index (χ2n) is 3.65. The van der Waals surface area contributed by atoms with Crippen LogP contribution in [0.4, 0.5) is 0 Å². The molecule has 94 valence electrons. The molecule has 0 amide bonds. The molecule has 0 atom stereocenters. The van der Waals surface area contributed by atoms with Crippen molar-refractivity contribution in [1.82, 2.24) is 0 Å². The summed E-state index contributed by atoms with van der Waals surface area (Å²) in [5, 5.41) is 16.7. The highest BCUT2D eigenvalue weighted by Crippen LogP contribution is 2.06. The lowest BCUT2D eigenvalue weighted by atomic mass is 10.1. The van der Waals surface area contributed by atoms with Gasteiger partial charge in [0.1, 0.15) is 0 Å². The van der Waals surface area contributed by atoms with E-state index in [1.54, 1.807) is 0 Å². The molecule has 0 spiro atoms. The van der Waals surface area contributed by atoms with E-state index in [0.29, 0.717) is 0 Å². The molecule has 0 aliphatic rings. The zero-order chi connectivity index (χ0) is 12.9. The number of hydrogen-bond donors (Lipinski definition) is 2. The molecule has 0 bridgehead atoms. The molecule has 0 fully saturated rings. The van der Waals surface area contributed by atoms with Crippen LogP contribution >= 0.6 is 0 Å². The maximum Gasteiger partial charge on any atom is 0.328 e. The number of carboxylic acid groups (broad SMARTS) is 2. The van der Waals surface area contributed by atoms with Crippen LogP contribution in [0.15, 0.2) is 12.2 Å². The maximum atomic E-state index is 10.2. The van der Waals surface area contributed by atoms with Gasteiger partial charge < -0.3 is 10.2 Å². The van der Waals surface area contributed by atoms with Crippen LogP contribution in [0.2, 0.25) is 0 Å². The van der Waals surface area contributed by atoms with E-state index in [4.69, 9.17) is 10.2 Å². The van der Waals surface area contributed by atoms with Gasteiger partial charge >= 0.3 is 11.9 Å². The molecular formula is C13H18O4. The quantitative estimate of drug-likeness (QED) is 0.387. The molecule has 0 aliphatic heterocycles. The number of carbonyl (C=O) groups is 2. The first-order chi connectivity index (χ1) is 8.13. The average molecular weight is 238 g/mol. The van der Waals surface area contributed by atoms with E-state index in [-0.39, 0.29) is 6.42 Å². The molecular weight excluding hydrogens is 220 g/mol. The van der Waals surface area contributed by atoms with E-state index in [2.05, 4.69) is 11.8 Å². The van der Waals surface area contributed by atoms with Crippen molar-refractivity contribution in [1.29, 1.82) is 0 Å². The van der Waals surface area contributed by atoms with Crippen molar-refractivity contribution < 1.29 is 19.8 Å². The summed E-state index contributed by atoms with van der Waals surface area (Å²) in [4.78, 5) is 20.3. The SMILES string of the molecule is O=C(O)/C=C/C#CCCCCCCCC(=O)O. The molecule has 0 saturated heterocycles. The van der Waals surface area contributed by atoms with E-state index in [9.17, 15) is 9.59 Å². The van der Waals surface area contributed by atoms with Crippen LogP contribution in [-0.4, -0.2) is 22.2 Å². The summed E-state index contributed by atoms with van der Waals surface area (Å²) < 4.78 is 0. The van der Waals surface area contributed by atoms with Gasteiger partial charge in [0, 0.05) is 18.9 Å². The molecule has 0 saturated carbocycles. The molecule has 4 nitrogen and oxygen atoms in total. The molecule has 4 heteroatoms. The largest absolute Gasteiger partial charge is 0.481 e. The van der Waals surface area contributed by atoms with Crippen molar-refractivity contribution in [2.24, 2.45) is 0 Å². The Kier molecular flexibility index (Phi) is 9.64. The van der Waals surface area contributed by atoms with Crippen LogP contribution in [-0.2, 0) is 9.59 Å². The van der Waals surface area contributed by atoms with Crippen molar-refractivity contribution in [2.75, 3.05) is 0 Å². The third kappa shape index (κ3) is 14.2. The third-order valence-electron chi connectivity index (χ3n) is 2.10. The zero-order valence-electron chi connectivity index (χ0n) is 9.82. The number of carboxylic acids is 2. The van der Waals surface area contributed by atoms with Crippen molar-refractivity contribution in [3.63, 3.8) is 0 Å². The van der Waals surface area contributed by atoms with Gasteiger partial charge in [-0.25, -0.2) is 4.79 Å². The molecule has 0 unspecified atom stereocenters. The van der Waals surface area contributed by atoms with Crippen LogP contribution < -0.4 is 0 Å². The molecule has 2 N–H and O–H groups in total. The van der Waals surface area contributed by atoms with Gasteiger partial charge in [0.05, 0.1) is 0 Å². The van der Waals surface area contributed by atoms with Crippen molar-refractivity contribution in [3.8, 4) is 11.8 Å². The molecule has 17 heavy (non-hydrogen) atoms. The number of rotatable bonds is 8. The summed E-state index contributed by atoms with van der Waals surface area (Å²) in [6.07, 6.45) is 8.07. The highest BCUT2D eigenvalue weighted by Gasteiger charge is 1.95. The van der Waals surface area contributed by atoms with Crippen LogP contribution in [0.5, 0.6) is 0 Å². The highest BCUT2D eigenvalue weighted by molar-refractivity contribution is 5.80. The van der Waals surface area contributed by atoms with Gasteiger partial charge in [0.25, 0.3) is 0 Å². The standard InChI is InChI=1S/C13H18O4/c14-12(15)10-8-6-4-2-1-3-5-7-9-11-13(16)17/h9,11H,1-4,6,8,10H2,(H,14,15)(H,16,17)/b11-9+. The maximum absolute atomic E-state index is 10.2. The molecule has 0 rings (SSSR count). The fourth-order valence-corrected chi connectivity index (χ4v) is 1.26. The Morgan fingerprint density at radius 2 is 1.65 bits per heavy atom. The number of unbranched alkanes of at least 4 members (excludes halogenated alkanes) is 5. The average Bonchev–Trinajstić information content (AvgIpc) is 2.25. The van der Waals surface area contributed by atoms with E-state index in [1.165, 1.54) is 6.08 Å². The lowest BCUT2D eigenvalue weighted by molar-refractivity contribution is -0.137. The molecule has 0 radical (unpaired) electrons. The summed E-state index contributed by atoms with van der Waals surface area (Å²) in [6, 6.07) is 0. The first kappa shape index (κ1) is 15.2. The molecule has 0 aromatic carbocycles. The minimum atomic E-state index is -0.988. The second-order valence-corrected chi connectivity index (χ2v) is 3.65. The monoisotopic (exact) mass is 238 g/mol. The zero-order valence-corrected chi connectivity index (χ0v) is 9.82. The van der Waals surface area contributed by atoms with E-state index >= 15 is 0 Å². The fraction of sp³-hybridized carbons (Fsp3) is 0.538. The fourth-order valence-electron chi connectivity index (χ4n) is 1.26. The van der Waals surface area contributed by atoms with Gasteiger partial charge in [-0.1, -0.05) is 31.1 Å². The Morgan fingerprint density at radius 3 is 2.29 bits per heavy atom. The van der Waals surface area contributed by atoms with Gasteiger partial charge in [0.15, 0.2) is 0 Å². The Labute approximate surface area is 101 Å². The summed E-state index contributed by atoms with van der Waals surface area (Å²) in [5.41, 5.74) is 0. The Balaban J connectivity index is 3.29. The lowest BCUT2D eigenvalue weighted by Gasteiger charge is -1.97. The molecule has 0 aromatic heterocycles. The van der Waals surface area contributed by atoms with Crippen molar-refractivity contribution in [3.05, 3.63) is 12.2 Å². The minimum absolute atomic E-state index is 0.250. The first-order valence-electron chi connectivity index (χ1n) is 5.72. The Bertz CT molecular complexity index is 320. The van der Waals surface area contributed by atoms with Crippen LogP contribution in [0, 0.1) is 11.8 Å². The van der Waals surface area contributed by atoms with Gasteiger partial charge in [-0.05, 0) is 18.9 Å².